The van der Waals surface area contributed by atoms with Crippen molar-refractivity contribution in [2.24, 2.45) is 0 Å². The molecule has 1 aromatic rings. The van der Waals surface area contributed by atoms with E-state index in [1.54, 1.807) is 7.11 Å². The Bertz CT molecular complexity index is 387. The van der Waals surface area contributed by atoms with Gasteiger partial charge in [-0.3, -0.25) is 0 Å². The summed E-state index contributed by atoms with van der Waals surface area (Å²) in [5.41, 5.74) is 3.96. The van der Waals surface area contributed by atoms with E-state index < -0.39 is 0 Å². The van der Waals surface area contributed by atoms with Crippen LogP contribution in [0, 0.1) is 13.8 Å². The summed E-state index contributed by atoms with van der Waals surface area (Å²) in [4.78, 5) is 0. The largest absolute Gasteiger partial charge is 0.496 e. The summed E-state index contributed by atoms with van der Waals surface area (Å²) in [7, 11) is 1.75. The lowest BCUT2D eigenvalue weighted by molar-refractivity contribution is 0.408. The van der Waals surface area contributed by atoms with E-state index >= 15 is 0 Å². The van der Waals surface area contributed by atoms with Crippen molar-refractivity contribution in [2.45, 2.75) is 58.4 Å². The zero-order chi connectivity index (χ0) is 13.7. The first-order valence-electron chi connectivity index (χ1n) is 7.58. The molecule has 1 fully saturated rings. The summed E-state index contributed by atoms with van der Waals surface area (Å²) in [6.07, 6.45) is 7.90. The van der Waals surface area contributed by atoms with Gasteiger partial charge in [0, 0.05) is 6.04 Å². The summed E-state index contributed by atoms with van der Waals surface area (Å²) < 4.78 is 5.41. The maximum Gasteiger partial charge on any atom is 0.124 e. The van der Waals surface area contributed by atoms with Gasteiger partial charge in [0.2, 0.25) is 0 Å². The van der Waals surface area contributed by atoms with Crippen LogP contribution < -0.4 is 10.1 Å². The third kappa shape index (κ3) is 4.54. The van der Waals surface area contributed by atoms with Crippen molar-refractivity contribution >= 4 is 0 Å². The van der Waals surface area contributed by atoms with Crippen molar-refractivity contribution in [2.75, 3.05) is 13.7 Å². The van der Waals surface area contributed by atoms with Gasteiger partial charge in [-0.25, -0.2) is 0 Å². The van der Waals surface area contributed by atoms with Crippen LogP contribution in [-0.4, -0.2) is 19.7 Å². The molecule has 0 aromatic heterocycles. The zero-order valence-corrected chi connectivity index (χ0v) is 12.6. The summed E-state index contributed by atoms with van der Waals surface area (Å²) in [6, 6.07) is 5.40. The van der Waals surface area contributed by atoms with Crippen LogP contribution in [0.25, 0.3) is 0 Å². The number of hydrogen-bond donors (Lipinski definition) is 1. The Labute approximate surface area is 117 Å². The van der Waals surface area contributed by atoms with Crippen molar-refractivity contribution in [1.82, 2.24) is 5.32 Å². The molecule has 0 heterocycles. The third-order valence-electron chi connectivity index (χ3n) is 3.88. The topological polar surface area (TPSA) is 21.3 Å². The van der Waals surface area contributed by atoms with Crippen LogP contribution >= 0.6 is 0 Å². The van der Waals surface area contributed by atoms with E-state index in [4.69, 9.17) is 4.74 Å². The molecule has 0 amide bonds. The van der Waals surface area contributed by atoms with Crippen LogP contribution in [-0.2, 0) is 6.42 Å². The Morgan fingerprint density at radius 3 is 2.37 bits per heavy atom. The number of ether oxygens (including phenoxy) is 1. The Hall–Kier alpha value is -1.02. The first kappa shape index (κ1) is 14.4. The molecule has 0 atom stereocenters. The fourth-order valence-corrected chi connectivity index (χ4v) is 2.73. The van der Waals surface area contributed by atoms with Crippen molar-refractivity contribution in [3.8, 4) is 5.75 Å². The van der Waals surface area contributed by atoms with Crippen LogP contribution in [0.4, 0.5) is 0 Å². The van der Waals surface area contributed by atoms with Gasteiger partial charge in [-0.15, -0.1) is 0 Å². The number of nitrogens with one attached hydrogen (secondary N) is 1. The van der Waals surface area contributed by atoms with Gasteiger partial charge in [0.25, 0.3) is 0 Å². The van der Waals surface area contributed by atoms with Crippen LogP contribution in [0.5, 0.6) is 5.75 Å². The second-order valence-corrected chi connectivity index (χ2v) is 5.80. The number of unbranched alkanes of at least 4 members (excludes halogenated alkanes) is 2. The van der Waals surface area contributed by atoms with E-state index in [1.165, 1.54) is 61.8 Å². The molecule has 0 bridgehead atoms. The smallest absolute Gasteiger partial charge is 0.124 e. The molecule has 1 aliphatic carbocycles. The molecule has 2 nitrogen and oxygen atoms in total. The van der Waals surface area contributed by atoms with Crippen LogP contribution in [0.15, 0.2) is 12.1 Å². The second kappa shape index (κ2) is 6.95. The van der Waals surface area contributed by atoms with Crippen LogP contribution in [0.1, 0.15) is 48.8 Å². The van der Waals surface area contributed by atoms with Gasteiger partial charge >= 0.3 is 0 Å². The summed E-state index contributed by atoms with van der Waals surface area (Å²) in [5.74, 6) is 1.04. The Morgan fingerprint density at radius 1 is 1.11 bits per heavy atom. The molecule has 1 aliphatic rings. The number of benzene rings is 1. The molecule has 0 aliphatic heterocycles. The number of methoxy groups -OCH3 is 1. The molecule has 2 rings (SSSR count). The predicted octanol–water partition coefficient (Wildman–Crippen LogP) is 3.78. The first-order valence-corrected chi connectivity index (χ1v) is 7.58. The molecule has 0 radical (unpaired) electrons. The molecule has 1 saturated carbocycles. The minimum absolute atomic E-state index is 0.854. The summed E-state index contributed by atoms with van der Waals surface area (Å²) >= 11 is 0. The molecule has 0 spiro atoms. The fraction of sp³-hybridized carbons (Fsp3) is 0.647. The number of aryl methyl sites for hydroxylation is 3. The van der Waals surface area contributed by atoms with Gasteiger partial charge in [-0.2, -0.15) is 0 Å². The van der Waals surface area contributed by atoms with E-state index in [-0.39, 0.29) is 0 Å². The van der Waals surface area contributed by atoms with Gasteiger partial charge in [0.1, 0.15) is 5.75 Å². The second-order valence-electron chi connectivity index (χ2n) is 5.80. The first-order chi connectivity index (χ1) is 9.20. The molecule has 1 N–H and O–H groups in total. The van der Waals surface area contributed by atoms with Crippen LogP contribution in [0.2, 0.25) is 0 Å². The van der Waals surface area contributed by atoms with E-state index in [2.05, 4.69) is 31.3 Å². The average Bonchev–Trinajstić information content (AvgIpc) is 3.17. The van der Waals surface area contributed by atoms with Gasteiger partial charge in [-0.1, -0.05) is 18.6 Å². The lowest BCUT2D eigenvalue weighted by atomic mass is 10.0. The molecule has 2 heteroatoms. The molecular formula is C17H27NO. The maximum atomic E-state index is 5.41. The van der Waals surface area contributed by atoms with E-state index in [0.717, 1.165) is 11.8 Å². The van der Waals surface area contributed by atoms with E-state index in [0.29, 0.717) is 0 Å². The normalized spacial score (nSPS) is 14.7. The van der Waals surface area contributed by atoms with E-state index in [1.807, 2.05) is 0 Å². The molecule has 106 valence electrons. The van der Waals surface area contributed by atoms with Gasteiger partial charge in [0.05, 0.1) is 7.11 Å². The molecular weight excluding hydrogens is 234 g/mol. The highest BCUT2D eigenvalue weighted by Crippen LogP contribution is 2.25. The highest BCUT2D eigenvalue weighted by molar-refractivity contribution is 5.43. The van der Waals surface area contributed by atoms with Crippen LogP contribution in [0.3, 0.4) is 0 Å². The lowest BCUT2D eigenvalue weighted by Crippen LogP contribution is -2.17. The molecule has 0 saturated heterocycles. The Kier molecular flexibility index (Phi) is 5.26. The minimum Gasteiger partial charge on any atom is -0.496 e. The van der Waals surface area contributed by atoms with Crippen molar-refractivity contribution < 1.29 is 4.74 Å². The molecule has 19 heavy (non-hydrogen) atoms. The minimum atomic E-state index is 0.854. The molecule has 1 aromatic carbocycles. The lowest BCUT2D eigenvalue weighted by Gasteiger charge is -2.11. The monoisotopic (exact) mass is 261 g/mol. The van der Waals surface area contributed by atoms with Gasteiger partial charge < -0.3 is 10.1 Å². The van der Waals surface area contributed by atoms with Crippen molar-refractivity contribution in [1.29, 1.82) is 0 Å². The summed E-state index contributed by atoms with van der Waals surface area (Å²) in [5, 5.41) is 3.57. The average molecular weight is 261 g/mol. The van der Waals surface area contributed by atoms with Crippen molar-refractivity contribution in [3.63, 3.8) is 0 Å². The van der Waals surface area contributed by atoms with Gasteiger partial charge in [-0.05, 0) is 69.2 Å². The van der Waals surface area contributed by atoms with Crippen molar-refractivity contribution in [3.05, 3.63) is 28.8 Å². The Balaban J connectivity index is 1.69. The quantitative estimate of drug-likeness (QED) is 0.719. The number of rotatable bonds is 8. The maximum absolute atomic E-state index is 5.41. The van der Waals surface area contributed by atoms with E-state index in [9.17, 15) is 0 Å². The highest BCUT2D eigenvalue weighted by Gasteiger charge is 2.19. The SMILES string of the molecule is COc1c(C)cc(CCCCCNC2CC2)cc1C. The highest BCUT2D eigenvalue weighted by atomic mass is 16.5. The molecule has 0 unspecified atom stereocenters. The standard InChI is InChI=1S/C17H27NO/c1-13-11-15(12-14(2)17(13)19-3)7-5-4-6-10-18-16-8-9-16/h11-12,16,18H,4-10H2,1-3H3. The summed E-state index contributed by atoms with van der Waals surface area (Å²) in [6.45, 7) is 5.47. The zero-order valence-electron chi connectivity index (χ0n) is 12.6. The fourth-order valence-electron chi connectivity index (χ4n) is 2.73. The predicted molar refractivity (Wildman–Crippen MR) is 81.0 cm³/mol. The third-order valence-corrected chi connectivity index (χ3v) is 3.88. The Morgan fingerprint density at radius 2 is 1.79 bits per heavy atom. The number of hydrogen-bond acceptors (Lipinski definition) is 2. The van der Waals surface area contributed by atoms with Gasteiger partial charge in [0.15, 0.2) is 0 Å².